The second-order valence-electron chi connectivity index (χ2n) is 5.38. The zero-order valence-corrected chi connectivity index (χ0v) is 12.8. The van der Waals surface area contributed by atoms with Gasteiger partial charge in [0.25, 0.3) is 0 Å². The largest absolute Gasteiger partial charge is 0.478 e. The lowest BCUT2D eigenvalue weighted by atomic mass is 10.1. The van der Waals surface area contributed by atoms with Gasteiger partial charge in [-0.05, 0) is 49.8 Å². The summed E-state index contributed by atoms with van der Waals surface area (Å²) in [6, 6.07) is 6.98. The molecule has 1 heterocycles. The molecule has 0 aliphatic carbocycles. The maximum atomic E-state index is 10.7. The van der Waals surface area contributed by atoms with Crippen molar-refractivity contribution in [2.75, 3.05) is 26.4 Å². The molecular formula is C17H24O5. The van der Waals surface area contributed by atoms with E-state index in [2.05, 4.69) is 0 Å². The molecule has 1 N–H and O–H groups in total. The van der Waals surface area contributed by atoms with Gasteiger partial charge in [0, 0.05) is 13.2 Å². The molecule has 1 aliphatic rings. The number of aryl methyl sites for hydroxylation is 1. The number of carboxylic acids is 1. The van der Waals surface area contributed by atoms with Gasteiger partial charge in [-0.15, -0.1) is 0 Å². The van der Waals surface area contributed by atoms with E-state index in [4.69, 9.17) is 19.3 Å². The first-order chi connectivity index (χ1) is 10.8. The topological polar surface area (TPSA) is 65.0 Å². The zero-order valence-electron chi connectivity index (χ0n) is 12.8. The molecule has 1 aromatic rings. The fraction of sp³-hybridized carbons (Fsp3) is 0.588. The first kappa shape index (κ1) is 16.9. The van der Waals surface area contributed by atoms with Crippen molar-refractivity contribution in [1.82, 2.24) is 0 Å². The van der Waals surface area contributed by atoms with Crippen LogP contribution in [0.3, 0.4) is 0 Å². The number of ether oxygens (including phenoxy) is 3. The normalized spacial score (nSPS) is 18.3. The van der Waals surface area contributed by atoms with Crippen LogP contribution in [-0.4, -0.2) is 43.8 Å². The lowest BCUT2D eigenvalue weighted by Gasteiger charge is -2.22. The zero-order chi connectivity index (χ0) is 15.6. The molecule has 2 rings (SSSR count). The van der Waals surface area contributed by atoms with Crippen LogP contribution < -0.4 is 0 Å². The van der Waals surface area contributed by atoms with Crippen molar-refractivity contribution in [2.45, 2.75) is 38.4 Å². The van der Waals surface area contributed by atoms with Gasteiger partial charge in [0.1, 0.15) is 0 Å². The summed E-state index contributed by atoms with van der Waals surface area (Å²) < 4.78 is 16.6. The smallest absolute Gasteiger partial charge is 0.335 e. The number of carbonyl (C=O) groups is 1. The third-order valence-electron chi connectivity index (χ3n) is 3.62. The van der Waals surface area contributed by atoms with E-state index in [0.717, 1.165) is 37.9 Å². The van der Waals surface area contributed by atoms with Crippen LogP contribution in [0.2, 0.25) is 0 Å². The molecule has 122 valence electrons. The Hall–Kier alpha value is -1.43. The second-order valence-corrected chi connectivity index (χ2v) is 5.38. The average molecular weight is 308 g/mol. The van der Waals surface area contributed by atoms with Crippen molar-refractivity contribution in [3.63, 3.8) is 0 Å². The Balaban J connectivity index is 1.49. The molecule has 0 spiro atoms. The summed E-state index contributed by atoms with van der Waals surface area (Å²) in [7, 11) is 0. The molecule has 0 bridgehead atoms. The summed E-state index contributed by atoms with van der Waals surface area (Å²) in [5, 5.41) is 8.83. The summed E-state index contributed by atoms with van der Waals surface area (Å²) in [6.07, 6.45) is 5.02. The van der Waals surface area contributed by atoms with E-state index in [1.165, 1.54) is 6.42 Å². The first-order valence-electron chi connectivity index (χ1n) is 7.89. The molecule has 5 nitrogen and oxygen atoms in total. The van der Waals surface area contributed by atoms with Crippen LogP contribution in [0.25, 0.3) is 0 Å². The molecule has 1 unspecified atom stereocenters. The van der Waals surface area contributed by atoms with Gasteiger partial charge in [-0.3, -0.25) is 0 Å². The molecule has 1 saturated heterocycles. The molecule has 0 aromatic heterocycles. The summed E-state index contributed by atoms with van der Waals surface area (Å²) in [5.41, 5.74) is 1.45. The highest BCUT2D eigenvalue weighted by Crippen LogP contribution is 2.13. The fourth-order valence-electron chi connectivity index (χ4n) is 2.38. The third kappa shape index (κ3) is 6.13. The highest BCUT2D eigenvalue weighted by molar-refractivity contribution is 5.87. The Kier molecular flexibility index (Phi) is 7.36. The number of benzene rings is 1. The Morgan fingerprint density at radius 2 is 2.00 bits per heavy atom. The van der Waals surface area contributed by atoms with Crippen LogP contribution in [0, 0.1) is 0 Å². The summed E-state index contributed by atoms with van der Waals surface area (Å²) in [6.45, 7) is 2.62. The molecule has 22 heavy (non-hydrogen) atoms. The van der Waals surface area contributed by atoms with E-state index in [-0.39, 0.29) is 6.29 Å². The van der Waals surface area contributed by atoms with Crippen molar-refractivity contribution in [3.05, 3.63) is 35.4 Å². The minimum Gasteiger partial charge on any atom is -0.478 e. The van der Waals surface area contributed by atoms with E-state index < -0.39 is 5.97 Å². The molecule has 1 atom stereocenters. The first-order valence-corrected chi connectivity index (χ1v) is 7.89. The molecule has 1 aromatic carbocycles. The van der Waals surface area contributed by atoms with E-state index in [9.17, 15) is 4.79 Å². The number of rotatable bonds is 9. The van der Waals surface area contributed by atoms with Gasteiger partial charge in [-0.2, -0.15) is 0 Å². The summed E-state index contributed by atoms with van der Waals surface area (Å²) in [4.78, 5) is 10.7. The lowest BCUT2D eigenvalue weighted by molar-refractivity contribution is -0.169. The van der Waals surface area contributed by atoms with Crippen LogP contribution >= 0.6 is 0 Å². The van der Waals surface area contributed by atoms with Gasteiger partial charge in [0.2, 0.25) is 0 Å². The van der Waals surface area contributed by atoms with Gasteiger partial charge >= 0.3 is 5.97 Å². The van der Waals surface area contributed by atoms with Gasteiger partial charge in [-0.25, -0.2) is 4.79 Å². The number of carboxylic acid groups (broad SMARTS) is 1. The molecule has 0 radical (unpaired) electrons. The second kappa shape index (κ2) is 9.56. The van der Waals surface area contributed by atoms with Crippen molar-refractivity contribution in [2.24, 2.45) is 0 Å². The lowest BCUT2D eigenvalue weighted by Crippen LogP contribution is -2.24. The maximum Gasteiger partial charge on any atom is 0.335 e. The Labute approximate surface area is 131 Å². The van der Waals surface area contributed by atoms with Gasteiger partial charge in [0.05, 0.1) is 18.8 Å². The molecule has 1 fully saturated rings. The van der Waals surface area contributed by atoms with E-state index >= 15 is 0 Å². The maximum absolute atomic E-state index is 10.7. The minimum atomic E-state index is -0.892. The van der Waals surface area contributed by atoms with Crippen LogP contribution in [0.1, 0.15) is 41.6 Å². The molecule has 0 saturated carbocycles. The Morgan fingerprint density at radius 1 is 1.18 bits per heavy atom. The molecule has 5 heteroatoms. The summed E-state index contributed by atoms with van der Waals surface area (Å²) in [5.74, 6) is -0.892. The van der Waals surface area contributed by atoms with E-state index in [1.807, 2.05) is 12.1 Å². The standard InChI is InChI=1S/C17H24O5/c18-17(19)15-8-6-14(7-9-15)4-3-10-20-12-13-22-16-5-1-2-11-21-16/h6-9,16H,1-5,10-13H2,(H,18,19). The van der Waals surface area contributed by atoms with Crippen LogP contribution in [0.15, 0.2) is 24.3 Å². The molecular weight excluding hydrogens is 284 g/mol. The highest BCUT2D eigenvalue weighted by Gasteiger charge is 2.13. The molecule has 0 amide bonds. The number of aromatic carboxylic acids is 1. The predicted octanol–water partition coefficient (Wildman–Crippen LogP) is 2.88. The highest BCUT2D eigenvalue weighted by atomic mass is 16.7. The number of hydrogen-bond acceptors (Lipinski definition) is 4. The van der Waals surface area contributed by atoms with Crippen molar-refractivity contribution >= 4 is 5.97 Å². The van der Waals surface area contributed by atoms with Crippen molar-refractivity contribution in [1.29, 1.82) is 0 Å². The van der Waals surface area contributed by atoms with Crippen LogP contribution in [0.4, 0.5) is 0 Å². The van der Waals surface area contributed by atoms with Crippen LogP contribution in [-0.2, 0) is 20.6 Å². The van der Waals surface area contributed by atoms with Gasteiger partial charge in [-0.1, -0.05) is 12.1 Å². The Bertz CT molecular complexity index is 437. The molecule has 1 aliphatic heterocycles. The average Bonchev–Trinajstić information content (AvgIpc) is 2.55. The van der Waals surface area contributed by atoms with E-state index in [0.29, 0.717) is 25.4 Å². The fourth-order valence-corrected chi connectivity index (χ4v) is 2.38. The van der Waals surface area contributed by atoms with Gasteiger partial charge < -0.3 is 19.3 Å². The van der Waals surface area contributed by atoms with Crippen LogP contribution in [0.5, 0.6) is 0 Å². The van der Waals surface area contributed by atoms with E-state index in [1.54, 1.807) is 12.1 Å². The van der Waals surface area contributed by atoms with Crippen molar-refractivity contribution < 1.29 is 24.1 Å². The van der Waals surface area contributed by atoms with Gasteiger partial charge in [0.15, 0.2) is 6.29 Å². The quantitative estimate of drug-likeness (QED) is 0.711. The van der Waals surface area contributed by atoms with Crippen molar-refractivity contribution in [3.8, 4) is 0 Å². The minimum absolute atomic E-state index is 0.0508. The number of hydrogen-bond donors (Lipinski definition) is 1. The predicted molar refractivity (Wildman–Crippen MR) is 82.1 cm³/mol. The summed E-state index contributed by atoms with van der Waals surface area (Å²) >= 11 is 0. The SMILES string of the molecule is O=C(O)c1ccc(CCCOCCOC2CCCCO2)cc1. The Morgan fingerprint density at radius 3 is 2.68 bits per heavy atom. The monoisotopic (exact) mass is 308 g/mol. The third-order valence-corrected chi connectivity index (χ3v) is 3.62.